The van der Waals surface area contributed by atoms with Crippen molar-refractivity contribution >= 4 is 5.91 Å². The van der Waals surface area contributed by atoms with Gasteiger partial charge in [-0.1, -0.05) is 38.1 Å². The smallest absolute Gasteiger partial charge is 0.239 e. The van der Waals surface area contributed by atoms with Gasteiger partial charge in [0, 0.05) is 13.2 Å². The highest BCUT2D eigenvalue weighted by molar-refractivity contribution is 5.81. The second kappa shape index (κ2) is 7.57. The molecule has 0 aromatic heterocycles. The molecule has 0 bridgehead atoms. The molecule has 1 heterocycles. The number of primary amides is 1. The highest BCUT2D eigenvalue weighted by atomic mass is 16.5. The molecule has 1 aromatic carbocycles. The van der Waals surface area contributed by atoms with Crippen LogP contribution in [0.15, 0.2) is 24.3 Å². The molecular weight excluding hydrogens is 264 g/mol. The third-order valence-corrected chi connectivity index (χ3v) is 3.82. The van der Waals surface area contributed by atoms with Gasteiger partial charge in [0.2, 0.25) is 5.91 Å². The number of hydrogen-bond acceptors (Lipinski definition) is 3. The van der Waals surface area contributed by atoms with E-state index in [9.17, 15) is 4.79 Å². The van der Waals surface area contributed by atoms with E-state index in [1.165, 1.54) is 5.56 Å². The molecule has 1 aliphatic heterocycles. The van der Waals surface area contributed by atoms with Crippen molar-refractivity contribution in [2.45, 2.75) is 45.3 Å². The van der Waals surface area contributed by atoms with Gasteiger partial charge in [-0.05, 0) is 36.3 Å². The molecule has 0 saturated carbocycles. The number of carbonyl (C=O) groups is 1. The molecule has 0 aliphatic carbocycles. The molecule has 116 valence electrons. The fraction of sp³-hybridized carbons (Fsp3) is 0.588. The van der Waals surface area contributed by atoms with Crippen LogP contribution in [0, 0.1) is 5.92 Å². The van der Waals surface area contributed by atoms with E-state index in [-0.39, 0.29) is 12.0 Å². The maximum Gasteiger partial charge on any atom is 0.239 e. The molecule has 3 N–H and O–H groups in total. The molecule has 1 fully saturated rings. The summed E-state index contributed by atoms with van der Waals surface area (Å²) in [5.41, 5.74) is 7.74. The van der Waals surface area contributed by atoms with Crippen molar-refractivity contribution in [3.05, 3.63) is 35.4 Å². The Morgan fingerprint density at radius 2 is 2.10 bits per heavy atom. The van der Waals surface area contributed by atoms with Crippen LogP contribution in [0.2, 0.25) is 0 Å². The Balaban J connectivity index is 1.98. The maximum atomic E-state index is 11.7. The minimum atomic E-state index is -0.442. The summed E-state index contributed by atoms with van der Waals surface area (Å²) < 4.78 is 5.57. The first-order chi connectivity index (χ1) is 10.1. The molecule has 0 radical (unpaired) electrons. The number of rotatable bonds is 7. The Bertz CT molecular complexity index is 450. The highest BCUT2D eigenvalue weighted by Crippen LogP contribution is 2.17. The van der Waals surface area contributed by atoms with Crippen molar-refractivity contribution in [1.29, 1.82) is 0 Å². The molecule has 4 heteroatoms. The van der Waals surface area contributed by atoms with Gasteiger partial charge in [0.05, 0.1) is 6.10 Å². The molecule has 4 nitrogen and oxygen atoms in total. The van der Waals surface area contributed by atoms with Crippen LogP contribution in [-0.4, -0.2) is 25.2 Å². The topological polar surface area (TPSA) is 64.3 Å². The molecule has 2 rings (SSSR count). The Kier molecular flexibility index (Phi) is 5.76. The number of nitrogens with two attached hydrogens (primary N) is 1. The minimum absolute atomic E-state index is 0.201. The second-order valence-corrected chi connectivity index (χ2v) is 6.22. The van der Waals surface area contributed by atoms with Gasteiger partial charge in [0.15, 0.2) is 0 Å². The average molecular weight is 290 g/mol. The average Bonchev–Trinajstić information content (AvgIpc) is 2.93. The molecular formula is C17H26N2O2. The third kappa shape index (κ3) is 4.83. The minimum Gasteiger partial charge on any atom is -0.377 e. The van der Waals surface area contributed by atoms with E-state index in [4.69, 9.17) is 10.5 Å². The molecule has 1 amide bonds. The number of hydrogen-bond donors (Lipinski definition) is 2. The normalized spacial score (nSPS) is 19.9. The summed E-state index contributed by atoms with van der Waals surface area (Å²) in [5, 5.41) is 3.24. The number of amides is 1. The summed E-state index contributed by atoms with van der Waals surface area (Å²) in [5.74, 6) is 0.282. The molecule has 0 spiro atoms. The largest absolute Gasteiger partial charge is 0.377 e. The van der Waals surface area contributed by atoms with E-state index in [2.05, 4.69) is 31.3 Å². The monoisotopic (exact) mass is 290 g/mol. The van der Waals surface area contributed by atoms with Gasteiger partial charge in [0.25, 0.3) is 0 Å². The zero-order valence-corrected chi connectivity index (χ0v) is 13.0. The zero-order valence-electron chi connectivity index (χ0n) is 13.0. The lowest BCUT2D eigenvalue weighted by Crippen LogP contribution is -2.37. The van der Waals surface area contributed by atoms with Gasteiger partial charge >= 0.3 is 0 Å². The van der Waals surface area contributed by atoms with Gasteiger partial charge in [0.1, 0.15) is 6.04 Å². The Hall–Kier alpha value is -1.39. The zero-order chi connectivity index (χ0) is 15.2. The van der Waals surface area contributed by atoms with Crippen molar-refractivity contribution in [3.8, 4) is 0 Å². The fourth-order valence-corrected chi connectivity index (χ4v) is 2.75. The summed E-state index contributed by atoms with van der Waals surface area (Å²) in [4.78, 5) is 11.7. The lowest BCUT2D eigenvalue weighted by Gasteiger charge is -2.19. The predicted octanol–water partition coefficient (Wildman–Crippen LogP) is 2.18. The highest BCUT2D eigenvalue weighted by Gasteiger charge is 2.21. The van der Waals surface area contributed by atoms with Crippen molar-refractivity contribution in [3.63, 3.8) is 0 Å². The SMILES string of the molecule is CC(C)Cc1ccc(C(NCC2CCCO2)C(N)=O)cc1. The number of benzene rings is 1. The standard InChI is InChI=1S/C17H26N2O2/c1-12(2)10-13-5-7-14(8-6-13)16(17(18)20)19-11-15-4-3-9-21-15/h5-8,12,15-16,19H,3-4,9-11H2,1-2H3,(H2,18,20). The fourth-order valence-electron chi connectivity index (χ4n) is 2.75. The molecule has 1 saturated heterocycles. The van der Waals surface area contributed by atoms with E-state index >= 15 is 0 Å². The van der Waals surface area contributed by atoms with E-state index in [0.29, 0.717) is 12.5 Å². The van der Waals surface area contributed by atoms with E-state index < -0.39 is 6.04 Å². The van der Waals surface area contributed by atoms with Gasteiger partial charge in [-0.25, -0.2) is 0 Å². The van der Waals surface area contributed by atoms with Gasteiger partial charge in [-0.3, -0.25) is 10.1 Å². The third-order valence-electron chi connectivity index (χ3n) is 3.82. The van der Waals surface area contributed by atoms with Gasteiger partial charge in [-0.15, -0.1) is 0 Å². The van der Waals surface area contributed by atoms with Gasteiger partial charge in [-0.2, -0.15) is 0 Å². The first kappa shape index (κ1) is 16.0. The van der Waals surface area contributed by atoms with Crippen LogP contribution in [-0.2, 0) is 16.0 Å². The van der Waals surface area contributed by atoms with Crippen molar-refractivity contribution in [1.82, 2.24) is 5.32 Å². The number of carbonyl (C=O) groups excluding carboxylic acids is 1. The van der Waals surface area contributed by atoms with Crippen LogP contribution in [0.4, 0.5) is 0 Å². The van der Waals surface area contributed by atoms with Crippen molar-refractivity contribution < 1.29 is 9.53 Å². The van der Waals surface area contributed by atoms with Crippen LogP contribution in [0.1, 0.15) is 43.9 Å². The van der Waals surface area contributed by atoms with Crippen LogP contribution < -0.4 is 11.1 Å². The molecule has 2 atom stereocenters. The van der Waals surface area contributed by atoms with E-state index in [0.717, 1.165) is 31.4 Å². The quantitative estimate of drug-likeness (QED) is 0.809. The Labute approximate surface area is 127 Å². The summed E-state index contributed by atoms with van der Waals surface area (Å²) in [6.07, 6.45) is 3.39. The molecule has 21 heavy (non-hydrogen) atoms. The van der Waals surface area contributed by atoms with Gasteiger partial charge < -0.3 is 10.5 Å². The summed E-state index contributed by atoms with van der Waals surface area (Å²) in [6, 6.07) is 7.71. The Morgan fingerprint density at radius 3 is 2.62 bits per heavy atom. The first-order valence-corrected chi connectivity index (χ1v) is 7.79. The van der Waals surface area contributed by atoms with E-state index in [1.807, 2.05) is 12.1 Å². The second-order valence-electron chi connectivity index (χ2n) is 6.22. The van der Waals surface area contributed by atoms with Crippen molar-refractivity contribution in [2.24, 2.45) is 11.7 Å². The van der Waals surface area contributed by atoms with Crippen LogP contribution in [0.5, 0.6) is 0 Å². The maximum absolute atomic E-state index is 11.7. The summed E-state index contributed by atoms with van der Waals surface area (Å²) in [7, 11) is 0. The lowest BCUT2D eigenvalue weighted by molar-refractivity contribution is -0.120. The van der Waals surface area contributed by atoms with Crippen LogP contribution in [0.25, 0.3) is 0 Å². The number of ether oxygens (including phenoxy) is 1. The van der Waals surface area contributed by atoms with Crippen LogP contribution in [0.3, 0.4) is 0 Å². The van der Waals surface area contributed by atoms with Crippen LogP contribution >= 0.6 is 0 Å². The Morgan fingerprint density at radius 1 is 1.38 bits per heavy atom. The molecule has 1 aromatic rings. The van der Waals surface area contributed by atoms with E-state index in [1.54, 1.807) is 0 Å². The summed E-state index contributed by atoms with van der Waals surface area (Å²) >= 11 is 0. The predicted molar refractivity (Wildman–Crippen MR) is 83.9 cm³/mol. The van der Waals surface area contributed by atoms with Crippen molar-refractivity contribution in [2.75, 3.05) is 13.2 Å². The number of nitrogens with one attached hydrogen (secondary N) is 1. The lowest BCUT2D eigenvalue weighted by atomic mass is 9.99. The molecule has 1 aliphatic rings. The first-order valence-electron chi connectivity index (χ1n) is 7.79. The summed E-state index contributed by atoms with van der Waals surface area (Å²) in [6.45, 7) is 5.88. The molecule has 2 unspecified atom stereocenters.